The molecule has 9 heteroatoms. The van der Waals surface area contributed by atoms with E-state index in [-0.39, 0.29) is 36.1 Å². The molecule has 2 N–H and O–H groups in total. The minimum absolute atomic E-state index is 0. The summed E-state index contributed by atoms with van der Waals surface area (Å²) in [6.07, 6.45) is 0. The molecule has 6 nitrogen and oxygen atoms in total. The minimum atomic E-state index is -0.130. The number of rotatable bonds is 7. The highest BCUT2D eigenvalue weighted by atomic mass is 35.5. The van der Waals surface area contributed by atoms with E-state index < -0.39 is 0 Å². The molecular weight excluding hydrogens is 421 g/mol. The van der Waals surface area contributed by atoms with Crippen LogP contribution in [0.4, 0.5) is 0 Å². The Morgan fingerprint density at radius 1 is 1.21 bits per heavy atom. The minimum Gasteiger partial charge on any atom is -0.493 e. The van der Waals surface area contributed by atoms with Crippen LogP contribution in [0.15, 0.2) is 18.2 Å². The molecule has 1 aromatic heterocycles. The van der Waals surface area contributed by atoms with Crippen LogP contribution in [-0.4, -0.2) is 50.1 Å². The van der Waals surface area contributed by atoms with Crippen molar-refractivity contribution in [3.05, 3.63) is 28.8 Å². The summed E-state index contributed by atoms with van der Waals surface area (Å²) in [6, 6.07) is 5.62. The molecular formula is C19H29Cl2N3O3S. The third-order valence-corrected chi connectivity index (χ3v) is 5.38. The molecule has 0 aliphatic carbocycles. The number of nitrogens with zero attached hydrogens (tertiary/aromatic N) is 2. The van der Waals surface area contributed by atoms with Gasteiger partial charge in [-0.3, -0.25) is 4.79 Å². The molecule has 0 unspecified atom stereocenters. The average molecular weight is 450 g/mol. The van der Waals surface area contributed by atoms with Crippen molar-refractivity contribution in [3.63, 3.8) is 0 Å². The van der Waals surface area contributed by atoms with Crippen molar-refractivity contribution in [2.24, 2.45) is 11.1 Å². The van der Waals surface area contributed by atoms with Crippen LogP contribution in [0.5, 0.6) is 11.5 Å². The van der Waals surface area contributed by atoms with E-state index in [4.69, 9.17) is 15.2 Å². The Balaban J connectivity index is 0.00000364. The van der Waals surface area contributed by atoms with Gasteiger partial charge in [0, 0.05) is 19.2 Å². The largest absolute Gasteiger partial charge is 0.493 e. The predicted octanol–water partition coefficient (Wildman–Crippen LogP) is 4.04. The zero-order valence-electron chi connectivity index (χ0n) is 17.1. The monoisotopic (exact) mass is 449 g/mol. The smallest absolute Gasteiger partial charge is 0.265 e. The topological polar surface area (TPSA) is 77.7 Å². The first-order chi connectivity index (χ1) is 12.2. The fourth-order valence-electron chi connectivity index (χ4n) is 2.64. The van der Waals surface area contributed by atoms with Crippen molar-refractivity contribution in [2.75, 3.05) is 34.4 Å². The molecule has 0 atom stereocenters. The van der Waals surface area contributed by atoms with Crippen LogP contribution in [0.1, 0.15) is 29.2 Å². The van der Waals surface area contributed by atoms with Crippen molar-refractivity contribution in [3.8, 4) is 22.1 Å². The molecule has 0 saturated heterocycles. The molecule has 28 heavy (non-hydrogen) atoms. The molecule has 2 aromatic rings. The zero-order chi connectivity index (χ0) is 19.5. The van der Waals surface area contributed by atoms with E-state index in [0.29, 0.717) is 29.5 Å². The van der Waals surface area contributed by atoms with E-state index in [2.05, 4.69) is 4.98 Å². The molecule has 0 aliphatic heterocycles. The van der Waals surface area contributed by atoms with Crippen LogP contribution in [0, 0.1) is 12.3 Å². The number of carbonyl (C=O) groups is 1. The summed E-state index contributed by atoms with van der Waals surface area (Å²) in [5.74, 6) is 1.25. The highest BCUT2D eigenvalue weighted by Gasteiger charge is 2.25. The molecule has 158 valence electrons. The van der Waals surface area contributed by atoms with E-state index in [1.54, 1.807) is 26.2 Å². The van der Waals surface area contributed by atoms with E-state index in [1.165, 1.54) is 11.3 Å². The second-order valence-electron chi connectivity index (χ2n) is 7.03. The summed E-state index contributed by atoms with van der Waals surface area (Å²) in [5.41, 5.74) is 7.27. The van der Waals surface area contributed by atoms with Gasteiger partial charge in [0.2, 0.25) is 0 Å². The van der Waals surface area contributed by atoms with Crippen molar-refractivity contribution in [1.29, 1.82) is 0 Å². The Morgan fingerprint density at radius 3 is 2.36 bits per heavy atom. The van der Waals surface area contributed by atoms with E-state index in [1.807, 2.05) is 39.0 Å². The molecule has 2 rings (SSSR count). The quantitative estimate of drug-likeness (QED) is 0.689. The summed E-state index contributed by atoms with van der Waals surface area (Å²) in [4.78, 5) is 19.8. The van der Waals surface area contributed by atoms with Gasteiger partial charge in [-0.2, -0.15) is 0 Å². The van der Waals surface area contributed by atoms with E-state index in [0.717, 1.165) is 16.3 Å². The van der Waals surface area contributed by atoms with Gasteiger partial charge in [0.15, 0.2) is 11.5 Å². The lowest BCUT2D eigenvalue weighted by Crippen LogP contribution is -2.39. The molecule has 1 aromatic carbocycles. The maximum Gasteiger partial charge on any atom is 0.265 e. The van der Waals surface area contributed by atoms with Crippen molar-refractivity contribution in [2.45, 2.75) is 20.8 Å². The van der Waals surface area contributed by atoms with Crippen LogP contribution < -0.4 is 15.2 Å². The molecule has 0 radical (unpaired) electrons. The summed E-state index contributed by atoms with van der Waals surface area (Å²) >= 11 is 1.39. The highest BCUT2D eigenvalue weighted by Crippen LogP contribution is 2.35. The lowest BCUT2D eigenvalue weighted by Gasteiger charge is -2.28. The Bertz CT molecular complexity index is 797. The maximum atomic E-state index is 12.8. The van der Waals surface area contributed by atoms with Gasteiger partial charge in [0.1, 0.15) is 9.88 Å². The van der Waals surface area contributed by atoms with Gasteiger partial charge in [-0.1, -0.05) is 13.8 Å². The van der Waals surface area contributed by atoms with Gasteiger partial charge in [-0.15, -0.1) is 36.2 Å². The lowest BCUT2D eigenvalue weighted by atomic mass is 9.93. The maximum absolute atomic E-state index is 12.8. The number of thiazole rings is 1. The second-order valence-corrected chi connectivity index (χ2v) is 8.03. The van der Waals surface area contributed by atoms with Gasteiger partial charge in [0.05, 0.1) is 19.9 Å². The van der Waals surface area contributed by atoms with Gasteiger partial charge >= 0.3 is 0 Å². The predicted molar refractivity (Wildman–Crippen MR) is 120 cm³/mol. The lowest BCUT2D eigenvalue weighted by molar-refractivity contribution is 0.0744. The fourth-order valence-corrected chi connectivity index (χ4v) is 3.70. The Labute approximate surface area is 183 Å². The summed E-state index contributed by atoms with van der Waals surface area (Å²) in [5, 5.41) is 0.776. The first-order valence-electron chi connectivity index (χ1n) is 8.37. The number of halogens is 2. The number of aromatic nitrogens is 1. The van der Waals surface area contributed by atoms with E-state index in [9.17, 15) is 4.79 Å². The third kappa shape index (κ3) is 5.98. The fraction of sp³-hybridized carbons (Fsp3) is 0.474. The van der Waals surface area contributed by atoms with Crippen LogP contribution in [0.25, 0.3) is 10.6 Å². The Kier molecular flexibility index (Phi) is 10.3. The molecule has 1 heterocycles. The average Bonchev–Trinajstić information content (AvgIpc) is 3.01. The highest BCUT2D eigenvalue weighted by molar-refractivity contribution is 7.17. The Morgan fingerprint density at radius 2 is 1.82 bits per heavy atom. The first-order valence-corrected chi connectivity index (χ1v) is 9.19. The SMILES string of the molecule is COc1ccc(-c2nc(C)c(C(=O)N(C)CC(C)(C)CN)s2)cc1OC.Cl.Cl. The number of ether oxygens (including phenoxy) is 2. The van der Waals surface area contributed by atoms with E-state index >= 15 is 0 Å². The molecule has 0 fully saturated rings. The van der Waals surface area contributed by atoms with Crippen LogP contribution in [0.2, 0.25) is 0 Å². The van der Waals surface area contributed by atoms with Crippen LogP contribution in [-0.2, 0) is 0 Å². The number of aryl methyl sites for hydroxylation is 1. The normalized spacial score (nSPS) is 10.5. The van der Waals surface area contributed by atoms with Crippen LogP contribution >= 0.6 is 36.2 Å². The molecule has 0 aliphatic rings. The number of hydrogen-bond donors (Lipinski definition) is 1. The third-order valence-electron chi connectivity index (χ3n) is 4.19. The number of methoxy groups -OCH3 is 2. The second kappa shape index (κ2) is 10.9. The summed E-state index contributed by atoms with van der Waals surface area (Å²) in [6.45, 7) is 7.06. The summed E-state index contributed by atoms with van der Waals surface area (Å²) in [7, 11) is 4.99. The van der Waals surface area contributed by atoms with Gasteiger partial charge < -0.3 is 20.1 Å². The molecule has 0 spiro atoms. The number of amides is 1. The van der Waals surface area contributed by atoms with Gasteiger partial charge in [-0.25, -0.2) is 4.98 Å². The molecule has 0 saturated carbocycles. The standard InChI is InChI=1S/C19H27N3O3S.2ClH/c1-12-16(18(23)22(4)11-19(2,3)10-20)26-17(21-12)13-7-8-14(24-5)15(9-13)25-6;;/h7-9H,10-11,20H2,1-6H3;2*1H. The number of carbonyl (C=O) groups excluding carboxylic acids is 1. The number of hydrogen-bond acceptors (Lipinski definition) is 6. The molecule has 0 bridgehead atoms. The van der Waals surface area contributed by atoms with Gasteiger partial charge in [-0.05, 0) is 37.1 Å². The Hall–Kier alpha value is -1.54. The van der Waals surface area contributed by atoms with Crippen LogP contribution in [0.3, 0.4) is 0 Å². The van der Waals surface area contributed by atoms with Gasteiger partial charge in [0.25, 0.3) is 5.91 Å². The van der Waals surface area contributed by atoms with Crippen molar-refractivity contribution < 1.29 is 14.3 Å². The van der Waals surface area contributed by atoms with Crippen molar-refractivity contribution in [1.82, 2.24) is 9.88 Å². The summed E-state index contributed by atoms with van der Waals surface area (Å²) < 4.78 is 10.6. The molecule has 1 amide bonds. The zero-order valence-corrected chi connectivity index (χ0v) is 19.5. The first kappa shape index (κ1) is 26.5. The van der Waals surface area contributed by atoms with Crippen molar-refractivity contribution >= 4 is 42.1 Å². The number of benzene rings is 1. The number of nitrogens with two attached hydrogens (primary N) is 1.